The standard InChI is InChI=1S/C11H13BrN2O/c1-6-9-5-15-10-3-2-7(12)4-8(10)11(9)14-13-6/h2-4,6,9,11,13-14H,5H2,1H3. The van der Waals surface area contributed by atoms with Crippen molar-refractivity contribution in [1.29, 1.82) is 0 Å². The number of hydrogen-bond donors (Lipinski definition) is 2. The maximum Gasteiger partial charge on any atom is 0.124 e. The number of hydrazine groups is 1. The molecule has 0 aromatic heterocycles. The molecule has 3 atom stereocenters. The number of rotatable bonds is 0. The third-order valence-electron chi connectivity index (χ3n) is 3.28. The monoisotopic (exact) mass is 268 g/mol. The third kappa shape index (κ3) is 1.48. The Labute approximate surface area is 97.3 Å². The number of benzene rings is 1. The van der Waals surface area contributed by atoms with E-state index >= 15 is 0 Å². The Hall–Kier alpha value is -0.580. The Balaban J connectivity index is 2.04. The summed E-state index contributed by atoms with van der Waals surface area (Å²) in [5.41, 5.74) is 7.87. The predicted octanol–water partition coefficient (Wildman–Crippen LogP) is 2.00. The fourth-order valence-electron chi connectivity index (χ4n) is 2.35. The molecule has 0 saturated carbocycles. The highest BCUT2D eigenvalue weighted by atomic mass is 79.9. The van der Waals surface area contributed by atoms with E-state index in [2.05, 4.69) is 39.8 Å². The minimum atomic E-state index is 0.376. The van der Waals surface area contributed by atoms with Crippen LogP contribution in [0.25, 0.3) is 0 Å². The fraction of sp³-hybridized carbons (Fsp3) is 0.455. The fourth-order valence-corrected chi connectivity index (χ4v) is 2.73. The van der Waals surface area contributed by atoms with Crippen LogP contribution in [0, 0.1) is 5.92 Å². The third-order valence-corrected chi connectivity index (χ3v) is 3.77. The van der Waals surface area contributed by atoms with Gasteiger partial charge in [-0.25, -0.2) is 5.43 Å². The summed E-state index contributed by atoms with van der Waals surface area (Å²) in [6.45, 7) is 2.98. The summed E-state index contributed by atoms with van der Waals surface area (Å²) in [5.74, 6) is 1.52. The SMILES string of the molecule is CC1NNC2c3cc(Br)ccc3OCC12. The topological polar surface area (TPSA) is 33.3 Å². The molecular formula is C11H13BrN2O. The molecule has 3 rings (SSSR count). The second kappa shape index (κ2) is 3.47. The van der Waals surface area contributed by atoms with Gasteiger partial charge in [-0.2, -0.15) is 0 Å². The van der Waals surface area contributed by atoms with E-state index in [1.54, 1.807) is 0 Å². The number of nitrogens with one attached hydrogen (secondary N) is 2. The van der Waals surface area contributed by atoms with Crippen LogP contribution in [0.3, 0.4) is 0 Å². The van der Waals surface area contributed by atoms with Crippen molar-refractivity contribution in [3.8, 4) is 5.75 Å². The van der Waals surface area contributed by atoms with Gasteiger partial charge in [0.1, 0.15) is 5.75 Å². The van der Waals surface area contributed by atoms with Gasteiger partial charge in [-0.15, -0.1) is 0 Å². The molecule has 2 aliphatic heterocycles. The summed E-state index contributed by atoms with van der Waals surface area (Å²) in [7, 11) is 0. The first-order valence-electron chi connectivity index (χ1n) is 5.19. The second-order valence-electron chi connectivity index (χ2n) is 4.21. The zero-order valence-corrected chi connectivity index (χ0v) is 10.0. The lowest BCUT2D eigenvalue weighted by molar-refractivity contribution is 0.196. The highest BCUT2D eigenvalue weighted by Crippen LogP contribution is 2.39. The first-order chi connectivity index (χ1) is 7.25. The Kier molecular flexibility index (Phi) is 2.23. The van der Waals surface area contributed by atoms with Gasteiger partial charge in [0.15, 0.2) is 0 Å². The van der Waals surface area contributed by atoms with Crippen molar-refractivity contribution in [3.63, 3.8) is 0 Å². The molecule has 3 unspecified atom stereocenters. The molecule has 0 amide bonds. The average Bonchev–Trinajstić information content (AvgIpc) is 2.61. The van der Waals surface area contributed by atoms with Gasteiger partial charge in [0.25, 0.3) is 0 Å². The van der Waals surface area contributed by atoms with Crippen LogP contribution in [-0.2, 0) is 0 Å². The molecule has 1 aromatic rings. The lowest BCUT2D eigenvalue weighted by Crippen LogP contribution is -2.30. The van der Waals surface area contributed by atoms with Gasteiger partial charge < -0.3 is 4.74 Å². The zero-order chi connectivity index (χ0) is 10.4. The molecule has 1 saturated heterocycles. The molecule has 0 aliphatic carbocycles. The minimum absolute atomic E-state index is 0.376. The van der Waals surface area contributed by atoms with Crippen LogP contribution < -0.4 is 15.6 Å². The summed E-state index contributed by atoms with van der Waals surface area (Å²) in [6.07, 6.45) is 0. The summed E-state index contributed by atoms with van der Waals surface area (Å²) in [5, 5.41) is 0. The Bertz CT molecular complexity index is 396. The van der Waals surface area contributed by atoms with Gasteiger partial charge >= 0.3 is 0 Å². The van der Waals surface area contributed by atoms with E-state index in [-0.39, 0.29) is 0 Å². The highest BCUT2D eigenvalue weighted by Gasteiger charge is 2.39. The summed E-state index contributed by atoms with van der Waals surface area (Å²) < 4.78 is 6.87. The smallest absolute Gasteiger partial charge is 0.124 e. The molecule has 3 nitrogen and oxygen atoms in total. The van der Waals surface area contributed by atoms with E-state index in [1.165, 1.54) is 5.56 Å². The van der Waals surface area contributed by atoms with E-state index in [0.717, 1.165) is 16.8 Å². The number of ether oxygens (including phenoxy) is 1. The first-order valence-corrected chi connectivity index (χ1v) is 5.98. The van der Waals surface area contributed by atoms with Gasteiger partial charge in [-0.05, 0) is 25.1 Å². The molecule has 1 aromatic carbocycles. The van der Waals surface area contributed by atoms with Gasteiger partial charge in [0.05, 0.1) is 12.6 Å². The van der Waals surface area contributed by atoms with Crippen molar-refractivity contribution in [2.45, 2.75) is 19.0 Å². The number of fused-ring (bicyclic) bond motifs is 3. The Morgan fingerprint density at radius 3 is 3.13 bits per heavy atom. The lowest BCUT2D eigenvalue weighted by Gasteiger charge is -2.29. The van der Waals surface area contributed by atoms with Crippen LogP contribution >= 0.6 is 15.9 Å². The van der Waals surface area contributed by atoms with E-state index in [0.29, 0.717) is 18.0 Å². The maximum atomic E-state index is 5.76. The van der Waals surface area contributed by atoms with Crippen molar-refractivity contribution in [1.82, 2.24) is 10.9 Å². The van der Waals surface area contributed by atoms with E-state index < -0.39 is 0 Å². The zero-order valence-electron chi connectivity index (χ0n) is 8.46. The molecular weight excluding hydrogens is 256 g/mol. The van der Waals surface area contributed by atoms with Gasteiger partial charge in [-0.1, -0.05) is 15.9 Å². The van der Waals surface area contributed by atoms with Crippen LogP contribution in [0.15, 0.2) is 22.7 Å². The first kappa shape index (κ1) is 9.63. The molecule has 2 N–H and O–H groups in total. The molecule has 80 valence electrons. The van der Waals surface area contributed by atoms with Crippen LogP contribution in [0.1, 0.15) is 18.5 Å². The summed E-state index contributed by atoms with van der Waals surface area (Å²) in [6, 6.07) is 7.02. The molecule has 0 radical (unpaired) electrons. The van der Waals surface area contributed by atoms with Crippen LogP contribution in [0.5, 0.6) is 5.75 Å². The minimum Gasteiger partial charge on any atom is -0.493 e. The largest absolute Gasteiger partial charge is 0.493 e. The van der Waals surface area contributed by atoms with Crippen LogP contribution in [0.2, 0.25) is 0 Å². The molecule has 2 heterocycles. The highest BCUT2D eigenvalue weighted by molar-refractivity contribution is 9.10. The quantitative estimate of drug-likeness (QED) is 0.755. The second-order valence-corrected chi connectivity index (χ2v) is 5.13. The predicted molar refractivity (Wildman–Crippen MR) is 61.6 cm³/mol. The van der Waals surface area contributed by atoms with E-state index in [1.807, 2.05) is 12.1 Å². The Morgan fingerprint density at radius 1 is 1.40 bits per heavy atom. The molecule has 1 fully saturated rings. The van der Waals surface area contributed by atoms with Gasteiger partial charge in [0, 0.05) is 22.0 Å². The van der Waals surface area contributed by atoms with Crippen molar-refractivity contribution in [2.24, 2.45) is 5.92 Å². The van der Waals surface area contributed by atoms with Crippen molar-refractivity contribution in [3.05, 3.63) is 28.2 Å². The lowest BCUT2D eigenvalue weighted by atomic mass is 9.88. The van der Waals surface area contributed by atoms with Gasteiger partial charge in [-0.3, -0.25) is 5.43 Å². The van der Waals surface area contributed by atoms with Crippen molar-refractivity contribution >= 4 is 15.9 Å². The Morgan fingerprint density at radius 2 is 2.27 bits per heavy atom. The van der Waals surface area contributed by atoms with Crippen molar-refractivity contribution < 1.29 is 4.74 Å². The number of hydrogen-bond acceptors (Lipinski definition) is 3. The van der Waals surface area contributed by atoms with Crippen LogP contribution in [0.4, 0.5) is 0 Å². The van der Waals surface area contributed by atoms with Gasteiger partial charge in [0.2, 0.25) is 0 Å². The molecule has 15 heavy (non-hydrogen) atoms. The molecule has 0 spiro atoms. The van der Waals surface area contributed by atoms with E-state index in [9.17, 15) is 0 Å². The average molecular weight is 269 g/mol. The van der Waals surface area contributed by atoms with Crippen molar-refractivity contribution in [2.75, 3.05) is 6.61 Å². The summed E-state index contributed by atoms with van der Waals surface area (Å²) >= 11 is 3.50. The normalized spacial score (nSPS) is 33.1. The molecule has 4 heteroatoms. The van der Waals surface area contributed by atoms with Crippen LogP contribution in [-0.4, -0.2) is 12.6 Å². The number of halogens is 1. The summed E-state index contributed by atoms with van der Waals surface area (Å²) in [4.78, 5) is 0. The van der Waals surface area contributed by atoms with E-state index in [4.69, 9.17) is 4.74 Å². The molecule has 2 aliphatic rings. The molecule has 0 bridgehead atoms. The maximum absolute atomic E-state index is 5.76.